The molecule has 0 fully saturated rings. The molecule has 2 aromatic rings. The SMILES string of the molecule is C=C.CC.CC(C)(C)CC(c1ccccc1)c1ccccc1. The first-order chi connectivity index (χ1) is 10.6. The summed E-state index contributed by atoms with van der Waals surface area (Å²) >= 11 is 0. The summed E-state index contributed by atoms with van der Waals surface area (Å²) in [7, 11) is 0. The zero-order valence-electron chi connectivity index (χ0n) is 15.0. The van der Waals surface area contributed by atoms with Gasteiger partial charge in [0.1, 0.15) is 0 Å². The average Bonchev–Trinajstić information content (AvgIpc) is 2.57. The molecule has 0 nitrogen and oxygen atoms in total. The summed E-state index contributed by atoms with van der Waals surface area (Å²) in [5.74, 6) is 0.493. The van der Waals surface area contributed by atoms with E-state index in [-0.39, 0.29) is 0 Å². The van der Waals surface area contributed by atoms with Gasteiger partial charge in [-0.25, -0.2) is 0 Å². The summed E-state index contributed by atoms with van der Waals surface area (Å²) in [6.07, 6.45) is 1.17. The van der Waals surface area contributed by atoms with Crippen LogP contribution >= 0.6 is 0 Å². The van der Waals surface area contributed by atoms with Crippen molar-refractivity contribution in [1.29, 1.82) is 0 Å². The largest absolute Gasteiger partial charge is 0.106 e. The fourth-order valence-corrected chi connectivity index (χ4v) is 2.41. The summed E-state index contributed by atoms with van der Waals surface area (Å²) < 4.78 is 0. The summed E-state index contributed by atoms with van der Waals surface area (Å²) in [5.41, 5.74) is 3.16. The van der Waals surface area contributed by atoms with Crippen molar-refractivity contribution in [2.75, 3.05) is 0 Å². The molecule has 0 N–H and O–H groups in total. The van der Waals surface area contributed by atoms with E-state index < -0.39 is 0 Å². The van der Waals surface area contributed by atoms with Crippen molar-refractivity contribution in [3.8, 4) is 0 Å². The van der Waals surface area contributed by atoms with Crippen LogP contribution in [-0.2, 0) is 0 Å². The van der Waals surface area contributed by atoms with E-state index in [9.17, 15) is 0 Å². The first kappa shape index (κ1) is 20.2. The molecule has 0 unspecified atom stereocenters. The van der Waals surface area contributed by atoms with Crippen LogP contribution in [0.1, 0.15) is 58.1 Å². The second-order valence-corrected chi connectivity index (χ2v) is 6.14. The molecule has 0 amide bonds. The number of hydrogen-bond acceptors (Lipinski definition) is 0. The highest BCUT2D eigenvalue weighted by atomic mass is 14.3. The lowest BCUT2D eigenvalue weighted by atomic mass is 9.78. The van der Waals surface area contributed by atoms with E-state index in [0.717, 1.165) is 0 Å². The van der Waals surface area contributed by atoms with Crippen LogP contribution in [-0.4, -0.2) is 0 Å². The fraction of sp³-hybridized carbons (Fsp3) is 0.364. The van der Waals surface area contributed by atoms with Gasteiger partial charge in [0.15, 0.2) is 0 Å². The van der Waals surface area contributed by atoms with Crippen LogP contribution in [0.3, 0.4) is 0 Å². The Bertz CT molecular complexity index is 437. The van der Waals surface area contributed by atoms with Crippen molar-refractivity contribution >= 4 is 0 Å². The molecular weight excluding hydrogens is 264 g/mol. The number of rotatable bonds is 3. The van der Waals surface area contributed by atoms with Crippen molar-refractivity contribution in [2.45, 2.75) is 47.0 Å². The molecule has 2 rings (SSSR count). The molecule has 0 aliphatic carbocycles. The zero-order valence-corrected chi connectivity index (χ0v) is 15.0. The van der Waals surface area contributed by atoms with Crippen molar-refractivity contribution < 1.29 is 0 Å². The minimum Gasteiger partial charge on any atom is -0.106 e. The topological polar surface area (TPSA) is 0 Å². The van der Waals surface area contributed by atoms with Crippen LogP contribution in [0.2, 0.25) is 0 Å². The Hall–Kier alpha value is -1.82. The maximum Gasteiger partial charge on any atom is 0.00943 e. The molecular formula is C22H32. The minimum absolute atomic E-state index is 0.330. The van der Waals surface area contributed by atoms with Gasteiger partial charge in [-0.3, -0.25) is 0 Å². The van der Waals surface area contributed by atoms with Crippen LogP contribution in [0.25, 0.3) is 0 Å². The molecule has 0 aromatic heterocycles. The lowest BCUT2D eigenvalue weighted by Gasteiger charge is -2.27. The van der Waals surface area contributed by atoms with Gasteiger partial charge >= 0.3 is 0 Å². The molecule has 0 aliphatic rings. The molecule has 0 saturated heterocycles. The van der Waals surface area contributed by atoms with Gasteiger partial charge in [0.2, 0.25) is 0 Å². The highest BCUT2D eigenvalue weighted by Crippen LogP contribution is 2.35. The highest BCUT2D eigenvalue weighted by molar-refractivity contribution is 5.32. The molecule has 0 bridgehead atoms. The monoisotopic (exact) mass is 296 g/mol. The molecule has 0 aliphatic heterocycles. The summed E-state index contributed by atoms with van der Waals surface area (Å²) in [6, 6.07) is 21.7. The predicted molar refractivity (Wildman–Crippen MR) is 101 cm³/mol. The van der Waals surface area contributed by atoms with E-state index in [4.69, 9.17) is 0 Å². The van der Waals surface area contributed by atoms with E-state index >= 15 is 0 Å². The lowest BCUT2D eigenvalue weighted by Crippen LogP contribution is -2.13. The Morgan fingerprint density at radius 1 is 0.727 bits per heavy atom. The Morgan fingerprint density at radius 3 is 1.32 bits per heavy atom. The maximum absolute atomic E-state index is 3.00. The number of benzene rings is 2. The Labute approximate surface area is 137 Å². The van der Waals surface area contributed by atoms with Crippen molar-refractivity contribution in [1.82, 2.24) is 0 Å². The zero-order chi connectivity index (χ0) is 17.0. The van der Waals surface area contributed by atoms with E-state index in [1.165, 1.54) is 17.5 Å². The lowest BCUT2D eigenvalue weighted by molar-refractivity contribution is 0.357. The predicted octanol–water partition coefficient (Wildman–Crippen LogP) is 7.08. The summed E-state index contributed by atoms with van der Waals surface area (Å²) in [4.78, 5) is 0. The van der Waals surface area contributed by atoms with E-state index in [2.05, 4.69) is 94.6 Å². The molecule has 0 heteroatoms. The first-order valence-electron chi connectivity index (χ1n) is 8.16. The molecule has 0 atom stereocenters. The molecule has 0 spiro atoms. The molecule has 0 heterocycles. The summed E-state index contributed by atoms with van der Waals surface area (Å²) in [5, 5.41) is 0. The molecule has 0 saturated carbocycles. The van der Waals surface area contributed by atoms with Gasteiger partial charge in [-0.2, -0.15) is 0 Å². The molecule has 120 valence electrons. The Balaban J connectivity index is 0.00000102. The van der Waals surface area contributed by atoms with E-state index in [0.29, 0.717) is 11.3 Å². The van der Waals surface area contributed by atoms with Crippen molar-refractivity contribution in [2.24, 2.45) is 5.41 Å². The third-order valence-electron chi connectivity index (χ3n) is 3.22. The van der Waals surface area contributed by atoms with Gasteiger partial charge in [0.05, 0.1) is 0 Å². The quantitative estimate of drug-likeness (QED) is 0.531. The van der Waals surface area contributed by atoms with E-state index in [1.54, 1.807) is 0 Å². The van der Waals surface area contributed by atoms with Gasteiger partial charge in [-0.05, 0) is 23.0 Å². The van der Waals surface area contributed by atoms with Crippen molar-refractivity contribution in [3.63, 3.8) is 0 Å². The van der Waals surface area contributed by atoms with Crippen LogP contribution < -0.4 is 0 Å². The molecule has 0 radical (unpaired) electrons. The average molecular weight is 296 g/mol. The Morgan fingerprint density at radius 2 is 1.05 bits per heavy atom. The van der Waals surface area contributed by atoms with Gasteiger partial charge < -0.3 is 0 Å². The third kappa shape index (κ3) is 7.26. The van der Waals surface area contributed by atoms with Crippen LogP contribution in [0.4, 0.5) is 0 Å². The Kier molecular flexibility index (Phi) is 9.95. The second kappa shape index (κ2) is 10.8. The standard InChI is InChI=1S/C18H22.C2H6.C2H4/c1-18(2,3)14-17(15-10-6-4-7-11-15)16-12-8-5-9-13-16;2*1-2/h4-13,17H,14H2,1-3H3;1-2H3;1-2H2. The summed E-state index contributed by atoms with van der Waals surface area (Å²) in [6.45, 7) is 16.9. The minimum atomic E-state index is 0.330. The smallest absolute Gasteiger partial charge is 0.00943 e. The normalized spacial score (nSPS) is 10.1. The van der Waals surface area contributed by atoms with Crippen LogP contribution in [0.5, 0.6) is 0 Å². The van der Waals surface area contributed by atoms with Crippen LogP contribution in [0.15, 0.2) is 73.8 Å². The maximum atomic E-state index is 3.00. The van der Waals surface area contributed by atoms with Crippen LogP contribution in [0, 0.1) is 5.41 Å². The first-order valence-corrected chi connectivity index (χ1v) is 8.16. The van der Waals surface area contributed by atoms with E-state index in [1.807, 2.05) is 13.8 Å². The second-order valence-electron chi connectivity index (χ2n) is 6.14. The van der Waals surface area contributed by atoms with Crippen molar-refractivity contribution in [3.05, 3.63) is 84.9 Å². The molecule has 2 aromatic carbocycles. The van der Waals surface area contributed by atoms with Gasteiger partial charge in [0, 0.05) is 5.92 Å². The van der Waals surface area contributed by atoms with Gasteiger partial charge in [0.25, 0.3) is 0 Å². The third-order valence-corrected chi connectivity index (χ3v) is 3.22. The molecule has 22 heavy (non-hydrogen) atoms. The van der Waals surface area contributed by atoms with Gasteiger partial charge in [-0.1, -0.05) is 95.3 Å². The highest BCUT2D eigenvalue weighted by Gasteiger charge is 2.21. The number of hydrogen-bond donors (Lipinski definition) is 0. The fourth-order valence-electron chi connectivity index (χ4n) is 2.41. The van der Waals surface area contributed by atoms with Gasteiger partial charge in [-0.15, -0.1) is 13.2 Å².